The maximum absolute atomic E-state index is 11.5. The summed E-state index contributed by atoms with van der Waals surface area (Å²) in [5.41, 5.74) is 6.43. The lowest BCUT2D eigenvalue weighted by atomic mass is 10.1. The maximum Gasteiger partial charge on any atom is 0.220 e. The number of pyridine rings is 1. The molecule has 0 fully saturated rings. The van der Waals surface area contributed by atoms with Gasteiger partial charge < -0.3 is 11.1 Å². The number of amides is 1. The van der Waals surface area contributed by atoms with E-state index in [1.54, 1.807) is 12.4 Å². The van der Waals surface area contributed by atoms with Crippen LogP contribution in [0.15, 0.2) is 24.5 Å². The maximum atomic E-state index is 11.5. The zero-order chi connectivity index (χ0) is 12.3. The number of hydrogen-bond donors (Lipinski definition) is 2. The molecule has 4 nitrogen and oxygen atoms in total. The number of halogens is 2. The Balaban J connectivity index is 0. The number of nitrogens with two attached hydrogens (primary N) is 1. The Morgan fingerprint density at radius 3 is 2.58 bits per heavy atom. The second-order valence-corrected chi connectivity index (χ2v) is 4.09. The summed E-state index contributed by atoms with van der Waals surface area (Å²) in [6, 6.07) is 3.82. The summed E-state index contributed by atoms with van der Waals surface area (Å²) in [5.74, 6) is 0.113. The van der Waals surface area contributed by atoms with Crippen LogP contribution in [-0.4, -0.2) is 17.4 Å². The Bertz CT molecular complexity index is 323. The highest BCUT2D eigenvalue weighted by Crippen LogP contribution is 2.02. The Hall–Kier alpha value is -0.840. The zero-order valence-corrected chi connectivity index (χ0v) is 12.6. The van der Waals surface area contributed by atoms with Crippen molar-refractivity contribution in [2.24, 2.45) is 5.73 Å². The molecule has 0 aliphatic carbocycles. The highest BCUT2D eigenvalue weighted by atomic mass is 35.5. The van der Waals surface area contributed by atoms with Crippen LogP contribution in [0.5, 0.6) is 0 Å². The molecule has 0 aliphatic heterocycles. The van der Waals surface area contributed by atoms with Crippen molar-refractivity contribution in [3.63, 3.8) is 0 Å². The van der Waals surface area contributed by atoms with Crippen molar-refractivity contribution < 1.29 is 4.79 Å². The molecule has 110 valence electrons. The molecule has 1 aromatic heterocycles. The van der Waals surface area contributed by atoms with E-state index in [0.29, 0.717) is 13.0 Å². The lowest BCUT2D eigenvalue weighted by Crippen LogP contribution is -2.22. The van der Waals surface area contributed by atoms with Gasteiger partial charge >= 0.3 is 0 Å². The van der Waals surface area contributed by atoms with Crippen molar-refractivity contribution in [1.82, 2.24) is 10.3 Å². The number of carbonyl (C=O) groups excluding carboxylic acids is 1. The van der Waals surface area contributed by atoms with Crippen molar-refractivity contribution in [3.05, 3.63) is 30.1 Å². The number of aromatic nitrogens is 1. The van der Waals surface area contributed by atoms with Gasteiger partial charge in [0.1, 0.15) is 0 Å². The highest BCUT2D eigenvalue weighted by molar-refractivity contribution is 5.85. The number of carbonyl (C=O) groups is 1. The molecule has 19 heavy (non-hydrogen) atoms. The molecular formula is C13H23Cl2N3O. The summed E-state index contributed by atoms with van der Waals surface area (Å²) in [7, 11) is 0. The molecular weight excluding hydrogens is 285 g/mol. The smallest absolute Gasteiger partial charge is 0.220 e. The average molecular weight is 308 g/mol. The number of hydrogen-bond acceptors (Lipinski definition) is 3. The van der Waals surface area contributed by atoms with E-state index in [-0.39, 0.29) is 30.7 Å². The van der Waals surface area contributed by atoms with Crippen LogP contribution in [0.3, 0.4) is 0 Å². The Morgan fingerprint density at radius 1 is 1.21 bits per heavy atom. The molecule has 0 unspecified atom stereocenters. The molecule has 0 saturated heterocycles. The average Bonchev–Trinajstić information content (AvgIpc) is 2.37. The van der Waals surface area contributed by atoms with Crippen LogP contribution < -0.4 is 11.1 Å². The van der Waals surface area contributed by atoms with Crippen molar-refractivity contribution in [1.29, 1.82) is 0 Å². The molecule has 0 saturated carbocycles. The molecule has 1 heterocycles. The number of unbranched alkanes of at least 4 members (excludes halogenated alkanes) is 3. The van der Waals surface area contributed by atoms with Crippen molar-refractivity contribution in [3.8, 4) is 0 Å². The van der Waals surface area contributed by atoms with Crippen LogP contribution in [0.2, 0.25) is 0 Å². The molecule has 6 heteroatoms. The number of nitrogens with one attached hydrogen (secondary N) is 1. The van der Waals surface area contributed by atoms with Gasteiger partial charge in [0.25, 0.3) is 0 Å². The van der Waals surface area contributed by atoms with Crippen LogP contribution >= 0.6 is 24.8 Å². The van der Waals surface area contributed by atoms with Crippen molar-refractivity contribution in [2.45, 2.75) is 38.6 Å². The molecule has 3 N–H and O–H groups in total. The van der Waals surface area contributed by atoms with E-state index in [1.165, 1.54) is 0 Å². The summed E-state index contributed by atoms with van der Waals surface area (Å²) >= 11 is 0. The summed E-state index contributed by atoms with van der Waals surface area (Å²) in [6.45, 7) is 1.31. The van der Waals surface area contributed by atoms with Gasteiger partial charge in [0.2, 0.25) is 5.91 Å². The Labute approximate surface area is 127 Å². The molecule has 0 atom stereocenters. The fourth-order valence-electron chi connectivity index (χ4n) is 1.58. The van der Waals surface area contributed by atoms with Gasteiger partial charge in [-0.25, -0.2) is 0 Å². The minimum absolute atomic E-state index is 0. The number of nitrogens with zero attached hydrogens (tertiary/aromatic N) is 1. The molecule has 0 bridgehead atoms. The second-order valence-electron chi connectivity index (χ2n) is 4.09. The third-order valence-corrected chi connectivity index (χ3v) is 2.57. The lowest BCUT2D eigenvalue weighted by Gasteiger charge is -2.04. The fraction of sp³-hybridized carbons (Fsp3) is 0.538. The van der Waals surface area contributed by atoms with Gasteiger partial charge in [0.05, 0.1) is 0 Å². The first-order valence-electron chi connectivity index (χ1n) is 6.18. The second kappa shape index (κ2) is 13.6. The Kier molecular flexibility index (Phi) is 14.6. The SMILES string of the molecule is Cl.Cl.NCCCCCCC(=O)NCc1cccnc1. The lowest BCUT2D eigenvalue weighted by molar-refractivity contribution is -0.121. The monoisotopic (exact) mass is 307 g/mol. The van der Waals surface area contributed by atoms with Crippen LogP contribution in [0.25, 0.3) is 0 Å². The van der Waals surface area contributed by atoms with Gasteiger partial charge in [-0.1, -0.05) is 18.9 Å². The minimum atomic E-state index is 0. The summed E-state index contributed by atoms with van der Waals surface area (Å²) in [4.78, 5) is 15.5. The largest absolute Gasteiger partial charge is 0.352 e. The van der Waals surface area contributed by atoms with Crippen LogP contribution in [0.4, 0.5) is 0 Å². The predicted octanol–water partition coefficient (Wildman–Crippen LogP) is 2.45. The molecule has 0 spiro atoms. The van der Waals surface area contributed by atoms with Crippen molar-refractivity contribution in [2.75, 3.05) is 6.54 Å². The van der Waals surface area contributed by atoms with E-state index in [2.05, 4.69) is 10.3 Å². The molecule has 0 aromatic carbocycles. The van der Waals surface area contributed by atoms with Crippen LogP contribution in [0.1, 0.15) is 37.7 Å². The third-order valence-electron chi connectivity index (χ3n) is 2.57. The van der Waals surface area contributed by atoms with E-state index < -0.39 is 0 Å². The normalized spacial score (nSPS) is 9.11. The van der Waals surface area contributed by atoms with Gasteiger partial charge in [-0.15, -0.1) is 24.8 Å². The van der Waals surface area contributed by atoms with E-state index in [9.17, 15) is 4.79 Å². The van der Waals surface area contributed by atoms with Gasteiger partial charge in [0.15, 0.2) is 0 Å². The Morgan fingerprint density at radius 2 is 1.95 bits per heavy atom. The summed E-state index contributed by atoms with van der Waals surface area (Å²) < 4.78 is 0. The van der Waals surface area contributed by atoms with Gasteiger partial charge in [-0.2, -0.15) is 0 Å². The van der Waals surface area contributed by atoms with E-state index in [1.807, 2.05) is 12.1 Å². The molecule has 1 aromatic rings. The standard InChI is InChI=1S/C13H21N3O.2ClH/c14-8-4-2-1-3-7-13(17)16-11-12-6-5-9-15-10-12;;/h5-6,9-10H,1-4,7-8,11,14H2,(H,16,17);2*1H. The first kappa shape index (κ1) is 20.5. The van der Waals surface area contributed by atoms with Crippen LogP contribution in [-0.2, 0) is 11.3 Å². The summed E-state index contributed by atoms with van der Waals surface area (Å²) in [5, 5.41) is 2.89. The van der Waals surface area contributed by atoms with E-state index in [4.69, 9.17) is 5.73 Å². The first-order chi connectivity index (χ1) is 8.33. The van der Waals surface area contributed by atoms with Crippen molar-refractivity contribution >= 4 is 30.7 Å². The predicted molar refractivity (Wildman–Crippen MR) is 82.7 cm³/mol. The van der Waals surface area contributed by atoms with Gasteiger partial charge in [-0.05, 0) is 31.0 Å². The third kappa shape index (κ3) is 10.7. The topological polar surface area (TPSA) is 68.0 Å². The van der Waals surface area contributed by atoms with Crippen LogP contribution in [0, 0.1) is 0 Å². The van der Waals surface area contributed by atoms with E-state index >= 15 is 0 Å². The number of rotatable bonds is 8. The zero-order valence-electron chi connectivity index (χ0n) is 11.0. The first-order valence-corrected chi connectivity index (χ1v) is 6.18. The fourth-order valence-corrected chi connectivity index (χ4v) is 1.58. The van der Waals surface area contributed by atoms with Gasteiger partial charge in [0, 0.05) is 25.4 Å². The molecule has 0 radical (unpaired) electrons. The molecule has 1 amide bonds. The van der Waals surface area contributed by atoms with Gasteiger partial charge in [-0.3, -0.25) is 9.78 Å². The highest BCUT2D eigenvalue weighted by Gasteiger charge is 2.00. The molecule has 1 rings (SSSR count). The van der Waals surface area contributed by atoms with E-state index in [0.717, 1.165) is 37.8 Å². The quantitative estimate of drug-likeness (QED) is 0.725. The minimum Gasteiger partial charge on any atom is -0.352 e. The molecule has 0 aliphatic rings. The summed E-state index contributed by atoms with van der Waals surface area (Å²) in [6.07, 6.45) is 8.29.